The van der Waals surface area contributed by atoms with Gasteiger partial charge in [-0.25, -0.2) is 0 Å². The summed E-state index contributed by atoms with van der Waals surface area (Å²) in [6, 6.07) is 7.41. The van der Waals surface area contributed by atoms with Gasteiger partial charge < -0.3 is 24.0 Å². The van der Waals surface area contributed by atoms with Crippen molar-refractivity contribution in [1.29, 1.82) is 0 Å². The van der Waals surface area contributed by atoms with Gasteiger partial charge in [0.05, 0.1) is 18.8 Å². The van der Waals surface area contributed by atoms with Crippen LogP contribution >= 0.6 is 0 Å². The van der Waals surface area contributed by atoms with Crippen LogP contribution in [0.1, 0.15) is 19.3 Å². The lowest BCUT2D eigenvalue weighted by molar-refractivity contribution is -0.230. The fraction of sp³-hybridized carbons (Fsp3) is 0.682. The van der Waals surface area contributed by atoms with E-state index in [1.165, 1.54) is 0 Å². The molecule has 1 amide bonds. The molecule has 7 nitrogen and oxygen atoms in total. The van der Waals surface area contributed by atoms with E-state index in [4.69, 9.17) is 14.2 Å². The monoisotopic (exact) mass is 403 g/mol. The van der Waals surface area contributed by atoms with Gasteiger partial charge in [0.1, 0.15) is 0 Å². The number of rotatable bonds is 6. The molecule has 3 aliphatic heterocycles. The van der Waals surface area contributed by atoms with E-state index in [1.807, 2.05) is 29.2 Å². The van der Waals surface area contributed by atoms with Crippen molar-refractivity contribution >= 4 is 5.91 Å². The third kappa shape index (κ3) is 4.85. The first kappa shape index (κ1) is 20.4. The SMILES string of the molecule is COc1ccccc1OCC(=O)N1CCC2(CC1)C[C@H](CN1CCN(C)CC1)O2. The minimum atomic E-state index is -0.00245. The van der Waals surface area contributed by atoms with E-state index < -0.39 is 0 Å². The molecule has 3 heterocycles. The highest BCUT2D eigenvalue weighted by Gasteiger charge is 2.48. The zero-order chi connectivity index (χ0) is 20.3. The van der Waals surface area contributed by atoms with Crippen LogP contribution in [0.4, 0.5) is 0 Å². The molecule has 0 radical (unpaired) electrons. The van der Waals surface area contributed by atoms with Crippen molar-refractivity contribution in [3.05, 3.63) is 24.3 Å². The Hall–Kier alpha value is -1.83. The molecule has 1 atom stereocenters. The molecule has 4 rings (SSSR count). The van der Waals surface area contributed by atoms with E-state index >= 15 is 0 Å². The van der Waals surface area contributed by atoms with Crippen LogP contribution in [0.3, 0.4) is 0 Å². The van der Waals surface area contributed by atoms with Gasteiger partial charge in [-0.2, -0.15) is 0 Å². The van der Waals surface area contributed by atoms with Crippen LogP contribution in [0.15, 0.2) is 24.3 Å². The summed E-state index contributed by atoms with van der Waals surface area (Å²) in [6.45, 7) is 7.14. The number of carbonyl (C=O) groups is 1. The quantitative estimate of drug-likeness (QED) is 0.717. The summed E-state index contributed by atoms with van der Waals surface area (Å²) in [5.74, 6) is 1.28. The molecular formula is C22H33N3O4. The molecule has 0 aromatic heterocycles. The summed E-state index contributed by atoms with van der Waals surface area (Å²) in [4.78, 5) is 19.3. The van der Waals surface area contributed by atoms with Gasteiger partial charge in [0.15, 0.2) is 18.1 Å². The van der Waals surface area contributed by atoms with E-state index in [0.29, 0.717) is 17.6 Å². The summed E-state index contributed by atoms with van der Waals surface area (Å²) in [6.07, 6.45) is 3.33. The first-order chi connectivity index (χ1) is 14.1. The van der Waals surface area contributed by atoms with Crippen LogP contribution in [-0.2, 0) is 9.53 Å². The maximum Gasteiger partial charge on any atom is 0.260 e. The Balaban J connectivity index is 1.17. The summed E-state index contributed by atoms with van der Waals surface area (Å²) >= 11 is 0. The second-order valence-corrected chi connectivity index (χ2v) is 8.55. The summed E-state index contributed by atoms with van der Waals surface area (Å²) in [5, 5.41) is 0. The Morgan fingerprint density at radius 2 is 1.76 bits per heavy atom. The number of likely N-dealkylation sites (tertiary alicyclic amines) is 1. The van der Waals surface area contributed by atoms with Crippen LogP contribution in [-0.4, -0.2) is 98.9 Å². The van der Waals surface area contributed by atoms with Crippen molar-refractivity contribution in [3.63, 3.8) is 0 Å². The molecule has 160 valence electrons. The highest BCUT2D eigenvalue weighted by molar-refractivity contribution is 5.78. The van der Waals surface area contributed by atoms with Gasteiger partial charge in [-0.05, 0) is 32.0 Å². The third-order valence-corrected chi connectivity index (χ3v) is 6.52. The topological polar surface area (TPSA) is 54.5 Å². The van der Waals surface area contributed by atoms with E-state index in [-0.39, 0.29) is 18.1 Å². The summed E-state index contributed by atoms with van der Waals surface area (Å²) in [7, 11) is 3.78. The molecule has 1 aromatic rings. The lowest BCUT2D eigenvalue weighted by Crippen LogP contribution is -2.60. The van der Waals surface area contributed by atoms with E-state index in [9.17, 15) is 4.79 Å². The van der Waals surface area contributed by atoms with Gasteiger partial charge in [-0.1, -0.05) is 12.1 Å². The van der Waals surface area contributed by atoms with Crippen molar-refractivity contribution in [1.82, 2.24) is 14.7 Å². The molecule has 1 aromatic carbocycles. The predicted octanol–water partition coefficient (Wildman–Crippen LogP) is 1.47. The van der Waals surface area contributed by atoms with Gasteiger partial charge in [-0.3, -0.25) is 9.69 Å². The number of hydrogen-bond donors (Lipinski definition) is 0. The first-order valence-electron chi connectivity index (χ1n) is 10.7. The fourth-order valence-corrected chi connectivity index (χ4v) is 4.63. The Labute approximate surface area is 173 Å². The first-order valence-corrected chi connectivity index (χ1v) is 10.7. The normalized spacial score (nSPS) is 24.9. The molecule has 29 heavy (non-hydrogen) atoms. The Bertz CT molecular complexity index is 689. The molecule has 0 unspecified atom stereocenters. The highest BCUT2D eigenvalue weighted by Crippen LogP contribution is 2.41. The second kappa shape index (κ2) is 8.90. The number of ether oxygens (including phenoxy) is 3. The summed E-state index contributed by atoms with van der Waals surface area (Å²) in [5.41, 5.74) is -0.00245. The average molecular weight is 404 g/mol. The number of carbonyl (C=O) groups excluding carboxylic acids is 1. The zero-order valence-electron chi connectivity index (χ0n) is 17.6. The van der Waals surface area contributed by atoms with Crippen LogP contribution in [0.5, 0.6) is 11.5 Å². The molecule has 1 spiro atoms. The number of benzene rings is 1. The lowest BCUT2D eigenvalue weighted by Gasteiger charge is -2.53. The number of amides is 1. The second-order valence-electron chi connectivity index (χ2n) is 8.55. The van der Waals surface area contributed by atoms with E-state index in [0.717, 1.165) is 65.1 Å². The van der Waals surface area contributed by atoms with Crippen molar-refractivity contribution in [2.24, 2.45) is 0 Å². The van der Waals surface area contributed by atoms with Gasteiger partial charge in [0.2, 0.25) is 0 Å². The molecular weight excluding hydrogens is 370 g/mol. The van der Waals surface area contributed by atoms with Crippen LogP contribution in [0.25, 0.3) is 0 Å². The van der Waals surface area contributed by atoms with Gasteiger partial charge in [0, 0.05) is 52.2 Å². The summed E-state index contributed by atoms with van der Waals surface area (Å²) < 4.78 is 17.3. The van der Waals surface area contributed by atoms with Crippen molar-refractivity contribution in [2.45, 2.75) is 31.0 Å². The maximum atomic E-state index is 12.6. The predicted molar refractivity (Wildman–Crippen MR) is 110 cm³/mol. The molecule has 0 bridgehead atoms. The molecule has 7 heteroatoms. The Morgan fingerprint density at radius 3 is 2.41 bits per heavy atom. The van der Waals surface area contributed by atoms with Gasteiger partial charge >= 0.3 is 0 Å². The minimum Gasteiger partial charge on any atom is -0.493 e. The number of piperazine rings is 1. The van der Waals surface area contributed by atoms with E-state index in [2.05, 4.69) is 16.8 Å². The van der Waals surface area contributed by atoms with Gasteiger partial charge in [0.25, 0.3) is 5.91 Å². The molecule has 0 N–H and O–H groups in total. The number of para-hydroxylation sites is 2. The molecule has 3 saturated heterocycles. The molecule has 3 fully saturated rings. The van der Waals surface area contributed by atoms with Gasteiger partial charge in [-0.15, -0.1) is 0 Å². The van der Waals surface area contributed by atoms with E-state index in [1.54, 1.807) is 7.11 Å². The average Bonchev–Trinajstić information content (AvgIpc) is 2.73. The van der Waals surface area contributed by atoms with Crippen molar-refractivity contribution < 1.29 is 19.0 Å². The van der Waals surface area contributed by atoms with Crippen LogP contribution in [0, 0.1) is 0 Å². The third-order valence-electron chi connectivity index (χ3n) is 6.52. The smallest absolute Gasteiger partial charge is 0.260 e. The number of likely N-dealkylation sites (N-methyl/N-ethyl adjacent to an activating group) is 1. The molecule has 3 aliphatic rings. The Morgan fingerprint density at radius 1 is 1.10 bits per heavy atom. The zero-order valence-corrected chi connectivity index (χ0v) is 17.6. The molecule has 0 saturated carbocycles. The van der Waals surface area contributed by atoms with Crippen LogP contribution < -0.4 is 9.47 Å². The maximum absolute atomic E-state index is 12.6. The van der Waals surface area contributed by atoms with Crippen molar-refractivity contribution in [2.75, 3.05) is 66.6 Å². The number of piperidine rings is 1. The number of hydrogen-bond acceptors (Lipinski definition) is 6. The number of methoxy groups -OCH3 is 1. The minimum absolute atomic E-state index is 0.00245. The van der Waals surface area contributed by atoms with Crippen molar-refractivity contribution in [3.8, 4) is 11.5 Å². The lowest BCUT2D eigenvalue weighted by atomic mass is 9.80. The fourth-order valence-electron chi connectivity index (χ4n) is 4.63. The highest BCUT2D eigenvalue weighted by atomic mass is 16.5. The Kier molecular flexibility index (Phi) is 6.27. The number of nitrogens with zero attached hydrogens (tertiary/aromatic N) is 3. The van der Waals surface area contributed by atoms with Crippen LogP contribution in [0.2, 0.25) is 0 Å². The standard InChI is InChI=1S/C22H33N3O4/c1-23-11-13-24(14-12-23)16-18-15-22(29-18)7-9-25(10-8-22)21(26)17-28-20-6-4-3-5-19(20)27-2/h3-6,18H,7-17H2,1-2H3/t18-/m1/s1. The molecule has 0 aliphatic carbocycles. The largest absolute Gasteiger partial charge is 0.493 e.